The third-order valence-corrected chi connectivity index (χ3v) is 3.56. The number of ether oxygens (including phenoxy) is 1. The van der Waals surface area contributed by atoms with Crippen LogP contribution in [0.2, 0.25) is 5.02 Å². The number of benzene rings is 2. The van der Waals surface area contributed by atoms with E-state index in [9.17, 15) is 18.0 Å². The molecule has 2 aromatic carbocycles. The summed E-state index contributed by atoms with van der Waals surface area (Å²) < 4.78 is 47.5. The van der Waals surface area contributed by atoms with Crippen LogP contribution in [0, 0.1) is 0 Å². The monoisotopic (exact) mass is 382 g/mol. The summed E-state index contributed by atoms with van der Waals surface area (Å²) in [5.74, 6) is -0.491. The van der Waals surface area contributed by atoms with E-state index in [2.05, 4.69) is 10.1 Å². The quantitative estimate of drug-likeness (QED) is 0.608. The fourth-order valence-corrected chi connectivity index (χ4v) is 2.25. The van der Waals surface area contributed by atoms with Crippen molar-refractivity contribution in [3.63, 3.8) is 0 Å². The maximum absolute atomic E-state index is 12.5. The minimum atomic E-state index is -4.47. The van der Waals surface area contributed by atoms with Gasteiger partial charge in [0.05, 0.1) is 11.1 Å². The van der Waals surface area contributed by atoms with Crippen LogP contribution in [0.15, 0.2) is 53.1 Å². The van der Waals surface area contributed by atoms with Crippen LogP contribution in [0.4, 0.5) is 13.2 Å². The van der Waals surface area contributed by atoms with Gasteiger partial charge in [-0.25, -0.2) is 4.79 Å². The molecule has 0 fully saturated rings. The van der Waals surface area contributed by atoms with Gasteiger partial charge in [0.1, 0.15) is 0 Å². The van der Waals surface area contributed by atoms with E-state index in [1.165, 1.54) is 0 Å². The predicted octanol–water partition coefficient (Wildman–Crippen LogP) is 4.77. The fourth-order valence-electron chi connectivity index (χ4n) is 2.06. The molecular weight excluding hydrogens is 373 g/mol. The Morgan fingerprint density at radius 2 is 1.88 bits per heavy atom. The molecule has 0 aliphatic carbocycles. The van der Waals surface area contributed by atoms with Crippen LogP contribution in [0.5, 0.6) is 0 Å². The van der Waals surface area contributed by atoms with Gasteiger partial charge in [-0.1, -0.05) is 28.9 Å². The largest absolute Gasteiger partial charge is 0.452 e. The summed E-state index contributed by atoms with van der Waals surface area (Å²) in [4.78, 5) is 16.0. The van der Waals surface area contributed by atoms with Crippen molar-refractivity contribution in [3.8, 4) is 11.4 Å². The van der Waals surface area contributed by atoms with Gasteiger partial charge in [-0.05, 0) is 36.4 Å². The lowest BCUT2D eigenvalue weighted by Crippen LogP contribution is -2.08. The molecule has 0 amide bonds. The van der Waals surface area contributed by atoms with E-state index in [4.69, 9.17) is 20.9 Å². The van der Waals surface area contributed by atoms with E-state index in [0.717, 1.165) is 24.3 Å². The molecule has 0 radical (unpaired) electrons. The van der Waals surface area contributed by atoms with Gasteiger partial charge in [-0.2, -0.15) is 18.2 Å². The van der Waals surface area contributed by atoms with Gasteiger partial charge in [0, 0.05) is 10.6 Å². The van der Waals surface area contributed by atoms with Crippen molar-refractivity contribution in [1.29, 1.82) is 0 Å². The van der Waals surface area contributed by atoms with Crippen molar-refractivity contribution in [2.75, 3.05) is 0 Å². The molecule has 1 aromatic heterocycles. The molecule has 3 rings (SSSR count). The third-order valence-electron chi connectivity index (χ3n) is 3.33. The number of hydrogen-bond acceptors (Lipinski definition) is 5. The molecule has 5 nitrogen and oxygen atoms in total. The highest BCUT2D eigenvalue weighted by Crippen LogP contribution is 2.29. The first-order valence-electron chi connectivity index (χ1n) is 7.26. The van der Waals surface area contributed by atoms with Gasteiger partial charge in [-0.15, -0.1) is 0 Å². The van der Waals surface area contributed by atoms with Gasteiger partial charge in [0.2, 0.25) is 5.82 Å². The zero-order valence-electron chi connectivity index (χ0n) is 13.0. The van der Waals surface area contributed by atoms with Gasteiger partial charge in [0.25, 0.3) is 5.89 Å². The van der Waals surface area contributed by atoms with Crippen LogP contribution in [0.1, 0.15) is 21.8 Å². The number of carbonyl (C=O) groups is 1. The summed E-state index contributed by atoms with van der Waals surface area (Å²) in [6.07, 6.45) is -4.47. The van der Waals surface area contributed by atoms with E-state index in [-0.39, 0.29) is 23.9 Å². The molecule has 9 heteroatoms. The Bertz CT molecular complexity index is 924. The Morgan fingerprint density at radius 3 is 2.54 bits per heavy atom. The number of carbonyl (C=O) groups excluding carboxylic acids is 1. The van der Waals surface area contributed by atoms with Crippen molar-refractivity contribution in [2.24, 2.45) is 0 Å². The second kappa shape index (κ2) is 7.17. The lowest BCUT2D eigenvalue weighted by molar-refractivity contribution is -0.137. The standard InChI is InChI=1S/C17H10ClF3N2O3/c18-13-3-1-2-11(8-13)15-22-14(26-23-15)9-25-16(24)10-4-6-12(7-5-10)17(19,20)21/h1-8H,9H2. The zero-order valence-corrected chi connectivity index (χ0v) is 13.7. The number of halogens is 4. The molecule has 0 bridgehead atoms. The molecule has 26 heavy (non-hydrogen) atoms. The molecule has 0 atom stereocenters. The summed E-state index contributed by atoms with van der Waals surface area (Å²) in [5, 5.41) is 4.26. The van der Waals surface area contributed by atoms with E-state index >= 15 is 0 Å². The molecule has 3 aromatic rings. The lowest BCUT2D eigenvalue weighted by Gasteiger charge is -2.07. The van der Waals surface area contributed by atoms with Crippen molar-refractivity contribution >= 4 is 17.6 Å². The maximum Gasteiger partial charge on any atom is 0.416 e. The van der Waals surface area contributed by atoms with Crippen LogP contribution >= 0.6 is 11.6 Å². The smallest absolute Gasteiger partial charge is 0.416 e. The second-order valence-electron chi connectivity index (χ2n) is 5.17. The lowest BCUT2D eigenvalue weighted by atomic mass is 10.1. The normalized spacial score (nSPS) is 11.4. The molecule has 0 N–H and O–H groups in total. The van der Waals surface area contributed by atoms with Crippen molar-refractivity contribution in [1.82, 2.24) is 10.1 Å². The van der Waals surface area contributed by atoms with Crippen molar-refractivity contribution in [3.05, 3.63) is 70.6 Å². The maximum atomic E-state index is 12.5. The summed E-state index contributed by atoms with van der Waals surface area (Å²) in [6, 6.07) is 10.5. The first kappa shape index (κ1) is 17.9. The van der Waals surface area contributed by atoms with Crippen LogP contribution in [0.3, 0.4) is 0 Å². The Morgan fingerprint density at radius 1 is 1.15 bits per heavy atom. The first-order valence-corrected chi connectivity index (χ1v) is 7.63. The summed E-state index contributed by atoms with van der Waals surface area (Å²) in [7, 11) is 0. The summed E-state index contributed by atoms with van der Waals surface area (Å²) in [5.41, 5.74) is -0.244. The first-order chi connectivity index (χ1) is 12.3. The number of rotatable bonds is 4. The van der Waals surface area contributed by atoms with E-state index < -0.39 is 17.7 Å². The number of alkyl halides is 3. The molecule has 0 aliphatic heterocycles. The van der Waals surface area contributed by atoms with Crippen LogP contribution in [-0.4, -0.2) is 16.1 Å². The predicted molar refractivity (Wildman–Crippen MR) is 85.3 cm³/mol. The molecule has 0 spiro atoms. The SMILES string of the molecule is O=C(OCc1nc(-c2cccc(Cl)c2)no1)c1ccc(C(F)(F)F)cc1. The number of esters is 1. The van der Waals surface area contributed by atoms with Crippen LogP contribution in [-0.2, 0) is 17.5 Å². The second-order valence-corrected chi connectivity index (χ2v) is 5.61. The molecule has 0 unspecified atom stereocenters. The molecule has 0 aliphatic rings. The van der Waals surface area contributed by atoms with E-state index in [1.54, 1.807) is 24.3 Å². The highest BCUT2D eigenvalue weighted by Gasteiger charge is 2.30. The summed E-state index contributed by atoms with van der Waals surface area (Å²) >= 11 is 5.89. The van der Waals surface area contributed by atoms with Gasteiger partial charge in [0.15, 0.2) is 6.61 Å². The van der Waals surface area contributed by atoms with Crippen molar-refractivity contribution < 1.29 is 27.2 Å². The topological polar surface area (TPSA) is 65.2 Å². The minimum absolute atomic E-state index is 0.0208. The Balaban J connectivity index is 1.63. The average Bonchev–Trinajstić information content (AvgIpc) is 3.08. The molecule has 1 heterocycles. The Labute approximate surface area is 150 Å². The number of aromatic nitrogens is 2. The number of hydrogen-bond donors (Lipinski definition) is 0. The minimum Gasteiger partial charge on any atom is -0.452 e. The molecular formula is C17H10ClF3N2O3. The molecule has 0 saturated heterocycles. The highest BCUT2D eigenvalue weighted by molar-refractivity contribution is 6.30. The van der Waals surface area contributed by atoms with Gasteiger partial charge < -0.3 is 9.26 Å². The highest BCUT2D eigenvalue weighted by atomic mass is 35.5. The molecule has 0 saturated carbocycles. The van der Waals surface area contributed by atoms with Crippen LogP contribution in [0.25, 0.3) is 11.4 Å². The van der Waals surface area contributed by atoms with Gasteiger partial charge >= 0.3 is 12.1 Å². The third kappa shape index (κ3) is 4.20. The van der Waals surface area contributed by atoms with E-state index in [0.29, 0.717) is 10.6 Å². The van der Waals surface area contributed by atoms with Crippen LogP contribution < -0.4 is 0 Å². The fraction of sp³-hybridized carbons (Fsp3) is 0.118. The van der Waals surface area contributed by atoms with Crippen molar-refractivity contribution in [2.45, 2.75) is 12.8 Å². The van der Waals surface area contributed by atoms with E-state index in [1.807, 2.05) is 0 Å². The summed E-state index contributed by atoms with van der Waals surface area (Å²) in [6.45, 7) is -0.312. The average molecular weight is 383 g/mol. The number of nitrogens with zero attached hydrogens (tertiary/aromatic N) is 2. The van der Waals surface area contributed by atoms with Gasteiger partial charge in [-0.3, -0.25) is 0 Å². The Hall–Kier alpha value is -2.87. The molecule has 134 valence electrons. The Kier molecular flexibility index (Phi) is 4.94. The zero-order chi connectivity index (χ0) is 18.7.